The highest BCUT2D eigenvalue weighted by atomic mass is 16.5. The Kier molecular flexibility index (Phi) is 6.41. The van der Waals surface area contributed by atoms with Crippen molar-refractivity contribution in [3.63, 3.8) is 0 Å². The minimum Gasteiger partial charge on any atom is -0.394 e. The number of rotatable bonds is 7. The van der Waals surface area contributed by atoms with Crippen molar-refractivity contribution in [2.24, 2.45) is 0 Å². The molecule has 0 spiro atoms. The zero-order chi connectivity index (χ0) is 20.8. The molecule has 1 amide bonds. The zero-order valence-corrected chi connectivity index (χ0v) is 16.5. The van der Waals surface area contributed by atoms with Gasteiger partial charge in [-0.2, -0.15) is 0 Å². The van der Waals surface area contributed by atoms with E-state index in [0.29, 0.717) is 12.1 Å². The molecule has 0 aromatic carbocycles. The third kappa shape index (κ3) is 4.87. The van der Waals surface area contributed by atoms with Crippen molar-refractivity contribution in [1.29, 1.82) is 0 Å². The van der Waals surface area contributed by atoms with Gasteiger partial charge in [-0.25, -0.2) is 0 Å². The van der Waals surface area contributed by atoms with Crippen LogP contribution in [0.2, 0.25) is 0 Å². The number of nitrogens with zero attached hydrogens (tertiary/aromatic N) is 5. The first kappa shape index (κ1) is 20.1. The van der Waals surface area contributed by atoms with E-state index in [1.807, 2.05) is 24.4 Å². The molecular formula is C21H24N6O3. The minimum atomic E-state index is -0.441. The molecule has 0 aliphatic carbocycles. The lowest BCUT2D eigenvalue weighted by Crippen LogP contribution is -2.51. The number of amides is 1. The van der Waals surface area contributed by atoms with Crippen LogP contribution in [0, 0.1) is 0 Å². The van der Waals surface area contributed by atoms with E-state index < -0.39 is 6.10 Å². The van der Waals surface area contributed by atoms with Crippen LogP contribution in [0.4, 0.5) is 0 Å². The second-order valence-electron chi connectivity index (χ2n) is 7.25. The Morgan fingerprint density at radius 3 is 2.90 bits per heavy atom. The Bertz CT molecular complexity index is 950. The van der Waals surface area contributed by atoms with E-state index in [1.54, 1.807) is 29.2 Å². The highest BCUT2D eigenvalue weighted by Gasteiger charge is 2.32. The summed E-state index contributed by atoms with van der Waals surface area (Å²) in [5.41, 5.74) is 2.00. The summed E-state index contributed by atoms with van der Waals surface area (Å²) in [5.74, 6) is -0.210. The topological polar surface area (TPSA) is 115 Å². The number of aliphatic hydroxyl groups excluding tert-OH is 1. The number of aryl methyl sites for hydroxylation is 1. The van der Waals surface area contributed by atoms with Crippen LogP contribution in [0.3, 0.4) is 0 Å². The Hall–Kier alpha value is -3.17. The van der Waals surface area contributed by atoms with Crippen molar-refractivity contribution >= 4 is 5.91 Å². The first-order chi connectivity index (χ1) is 14.7. The number of hydrogen-bond acceptors (Lipinski definition) is 7. The van der Waals surface area contributed by atoms with Crippen LogP contribution in [-0.4, -0.2) is 60.8 Å². The monoisotopic (exact) mass is 408 g/mol. The summed E-state index contributed by atoms with van der Waals surface area (Å²) in [6.07, 6.45) is 8.54. The summed E-state index contributed by atoms with van der Waals surface area (Å²) in [4.78, 5) is 20.6. The van der Waals surface area contributed by atoms with Gasteiger partial charge in [-0.05, 0) is 43.5 Å². The first-order valence-electron chi connectivity index (χ1n) is 10.0. The highest BCUT2D eigenvalue weighted by Crippen LogP contribution is 2.23. The smallest absolute Gasteiger partial charge is 0.253 e. The summed E-state index contributed by atoms with van der Waals surface area (Å²) < 4.78 is 7.82. The van der Waals surface area contributed by atoms with Gasteiger partial charge in [-0.15, -0.1) is 5.10 Å². The Morgan fingerprint density at radius 1 is 1.20 bits per heavy atom. The molecule has 3 aromatic rings. The molecular weight excluding hydrogens is 384 g/mol. The van der Waals surface area contributed by atoms with E-state index in [9.17, 15) is 9.90 Å². The fraction of sp³-hybridized carbons (Fsp3) is 0.381. The molecule has 3 atom stereocenters. The summed E-state index contributed by atoms with van der Waals surface area (Å²) in [6.45, 7) is 0.497. The molecule has 9 heteroatoms. The number of ether oxygens (including phenoxy) is 1. The van der Waals surface area contributed by atoms with Gasteiger partial charge in [0.15, 0.2) is 0 Å². The second kappa shape index (κ2) is 9.55. The number of nitrogens with one attached hydrogen (secondary N) is 1. The lowest BCUT2D eigenvalue weighted by molar-refractivity contribution is -0.0912. The number of hydrogen-bond donors (Lipinski definition) is 2. The van der Waals surface area contributed by atoms with Crippen LogP contribution in [0.15, 0.2) is 55.1 Å². The van der Waals surface area contributed by atoms with Crippen LogP contribution < -0.4 is 5.32 Å². The average Bonchev–Trinajstić information content (AvgIpc) is 3.28. The van der Waals surface area contributed by atoms with E-state index in [4.69, 9.17) is 4.74 Å². The van der Waals surface area contributed by atoms with Crippen LogP contribution in [0.25, 0.3) is 11.4 Å². The van der Waals surface area contributed by atoms with Gasteiger partial charge in [-0.3, -0.25) is 19.4 Å². The molecule has 0 bridgehead atoms. The second-order valence-corrected chi connectivity index (χ2v) is 7.25. The molecule has 9 nitrogen and oxygen atoms in total. The highest BCUT2D eigenvalue weighted by molar-refractivity contribution is 5.94. The Morgan fingerprint density at radius 2 is 2.13 bits per heavy atom. The van der Waals surface area contributed by atoms with Gasteiger partial charge in [0.2, 0.25) is 0 Å². The van der Waals surface area contributed by atoms with E-state index in [1.165, 1.54) is 6.20 Å². The van der Waals surface area contributed by atoms with E-state index in [0.717, 1.165) is 30.7 Å². The summed E-state index contributed by atoms with van der Waals surface area (Å²) in [7, 11) is 0. The number of carbonyl (C=O) groups excluding carboxylic acids is 1. The third-order valence-electron chi connectivity index (χ3n) is 5.18. The van der Waals surface area contributed by atoms with Crippen molar-refractivity contribution < 1.29 is 14.6 Å². The molecule has 0 saturated carbocycles. The SMILES string of the molecule is O=C(N[C@@H]1CC[C@H](CCn2cc(-c3ccccn3)nn2)O[C@H]1CO)c1cccnc1. The largest absolute Gasteiger partial charge is 0.394 e. The van der Waals surface area contributed by atoms with Crippen molar-refractivity contribution in [2.75, 3.05) is 6.61 Å². The maximum absolute atomic E-state index is 12.4. The van der Waals surface area contributed by atoms with Crippen LogP contribution in [-0.2, 0) is 11.3 Å². The van der Waals surface area contributed by atoms with Crippen molar-refractivity contribution in [3.05, 3.63) is 60.7 Å². The number of aromatic nitrogens is 5. The molecule has 30 heavy (non-hydrogen) atoms. The summed E-state index contributed by atoms with van der Waals surface area (Å²) >= 11 is 0. The number of aliphatic hydroxyl groups is 1. The number of pyridine rings is 2. The van der Waals surface area contributed by atoms with Crippen molar-refractivity contribution in [3.8, 4) is 11.4 Å². The van der Waals surface area contributed by atoms with Gasteiger partial charge in [0.05, 0.1) is 36.2 Å². The molecule has 1 fully saturated rings. The molecule has 1 saturated heterocycles. The normalized spacial score (nSPS) is 21.3. The predicted molar refractivity (Wildman–Crippen MR) is 108 cm³/mol. The molecule has 2 N–H and O–H groups in total. The predicted octanol–water partition coefficient (Wildman–Crippen LogP) is 1.46. The lowest BCUT2D eigenvalue weighted by Gasteiger charge is -2.36. The standard InChI is InChI=1S/C21H24N6O3/c28-14-20-18(24-21(29)15-4-3-9-22-12-15)7-6-16(30-20)8-11-27-13-19(25-26-27)17-5-1-2-10-23-17/h1-5,9-10,12-13,16,18,20,28H,6-8,11,14H2,(H,24,29)/t16-,18-,20+/m1/s1. The van der Waals surface area contributed by atoms with Crippen LogP contribution >= 0.6 is 0 Å². The fourth-order valence-electron chi connectivity index (χ4n) is 3.57. The van der Waals surface area contributed by atoms with Crippen LogP contribution in [0.1, 0.15) is 29.6 Å². The molecule has 4 rings (SSSR count). The molecule has 1 aliphatic heterocycles. The molecule has 1 aliphatic rings. The van der Waals surface area contributed by atoms with Gasteiger partial charge < -0.3 is 15.2 Å². The van der Waals surface area contributed by atoms with E-state index in [2.05, 4.69) is 25.6 Å². The van der Waals surface area contributed by atoms with Crippen LogP contribution in [0.5, 0.6) is 0 Å². The lowest BCUT2D eigenvalue weighted by atomic mass is 9.97. The van der Waals surface area contributed by atoms with Crippen molar-refractivity contribution in [2.45, 2.75) is 44.1 Å². The maximum atomic E-state index is 12.4. The van der Waals surface area contributed by atoms with Crippen molar-refractivity contribution in [1.82, 2.24) is 30.3 Å². The summed E-state index contributed by atoms with van der Waals surface area (Å²) in [5, 5.41) is 21.0. The average molecular weight is 408 g/mol. The number of carbonyl (C=O) groups is 1. The maximum Gasteiger partial charge on any atom is 0.253 e. The summed E-state index contributed by atoms with van der Waals surface area (Å²) in [6, 6.07) is 8.86. The molecule has 4 heterocycles. The molecule has 3 aromatic heterocycles. The van der Waals surface area contributed by atoms with E-state index >= 15 is 0 Å². The Balaban J connectivity index is 1.29. The van der Waals surface area contributed by atoms with Gasteiger partial charge >= 0.3 is 0 Å². The molecule has 0 unspecified atom stereocenters. The van der Waals surface area contributed by atoms with E-state index in [-0.39, 0.29) is 24.7 Å². The quantitative estimate of drug-likeness (QED) is 0.608. The minimum absolute atomic E-state index is 0.0174. The van der Waals surface area contributed by atoms with Gasteiger partial charge in [0.25, 0.3) is 5.91 Å². The van der Waals surface area contributed by atoms with Gasteiger partial charge in [0.1, 0.15) is 11.8 Å². The third-order valence-corrected chi connectivity index (χ3v) is 5.18. The fourth-order valence-corrected chi connectivity index (χ4v) is 3.57. The Labute approximate surface area is 174 Å². The van der Waals surface area contributed by atoms with Gasteiger partial charge in [0, 0.05) is 25.1 Å². The zero-order valence-electron chi connectivity index (χ0n) is 16.5. The molecule has 0 radical (unpaired) electrons. The van der Waals surface area contributed by atoms with Gasteiger partial charge in [-0.1, -0.05) is 11.3 Å². The first-order valence-corrected chi connectivity index (χ1v) is 10.0. The molecule has 156 valence electrons.